The van der Waals surface area contributed by atoms with Gasteiger partial charge in [-0.1, -0.05) is 29.3 Å². The van der Waals surface area contributed by atoms with Gasteiger partial charge in [0.1, 0.15) is 5.82 Å². The molecule has 2 N–H and O–H groups in total. The quantitative estimate of drug-likeness (QED) is 0.456. The van der Waals surface area contributed by atoms with Gasteiger partial charge in [0.25, 0.3) is 0 Å². The molecule has 1 aliphatic carbocycles. The van der Waals surface area contributed by atoms with E-state index in [1.54, 1.807) is 37.2 Å². The lowest BCUT2D eigenvalue weighted by Gasteiger charge is -2.29. The summed E-state index contributed by atoms with van der Waals surface area (Å²) in [4.78, 5) is 23.3. The molecule has 1 fully saturated rings. The first-order chi connectivity index (χ1) is 16.2. The predicted molar refractivity (Wildman–Crippen MR) is 131 cm³/mol. The number of carbonyl (C=O) groups excluding carboxylic acids is 1. The fourth-order valence-electron chi connectivity index (χ4n) is 4.19. The highest BCUT2D eigenvalue weighted by molar-refractivity contribution is 6.35. The number of fused-ring (bicyclic) bond motifs is 1. The van der Waals surface area contributed by atoms with Crippen molar-refractivity contribution >= 4 is 51.8 Å². The lowest BCUT2D eigenvalue weighted by atomic mass is 9.85. The summed E-state index contributed by atoms with van der Waals surface area (Å²) in [5, 5.41) is 7.78. The van der Waals surface area contributed by atoms with Crippen LogP contribution in [0.25, 0.3) is 10.9 Å². The van der Waals surface area contributed by atoms with Crippen LogP contribution in [-0.2, 0) is 11.3 Å². The Morgan fingerprint density at radius 2 is 1.76 bits per heavy atom. The number of anilines is 2. The fourth-order valence-corrected chi connectivity index (χ4v) is 4.66. The summed E-state index contributed by atoms with van der Waals surface area (Å²) in [5.74, 6) is -1.12. The third-order valence-corrected chi connectivity index (χ3v) is 6.63. The van der Waals surface area contributed by atoms with Crippen molar-refractivity contribution in [3.05, 3.63) is 57.6 Å². The van der Waals surface area contributed by atoms with Gasteiger partial charge in [0, 0.05) is 54.1 Å². The van der Waals surface area contributed by atoms with E-state index in [-0.39, 0.29) is 17.9 Å². The van der Waals surface area contributed by atoms with E-state index >= 15 is 0 Å². The Labute approximate surface area is 206 Å². The monoisotopic (exact) mass is 507 g/mol. The van der Waals surface area contributed by atoms with Crippen molar-refractivity contribution < 1.29 is 13.6 Å². The summed E-state index contributed by atoms with van der Waals surface area (Å²) in [6.45, 7) is 0.350. The smallest absolute Gasteiger partial charge is 0.225 e. The van der Waals surface area contributed by atoms with Crippen molar-refractivity contribution in [3.8, 4) is 0 Å². The lowest BCUT2D eigenvalue weighted by Crippen LogP contribution is -2.36. The maximum absolute atomic E-state index is 13.8. The Morgan fingerprint density at radius 1 is 1.06 bits per heavy atom. The summed E-state index contributed by atoms with van der Waals surface area (Å²) in [6, 6.07) is 7.48. The van der Waals surface area contributed by atoms with Crippen LogP contribution in [0, 0.1) is 17.6 Å². The second-order valence-electron chi connectivity index (χ2n) is 8.70. The van der Waals surface area contributed by atoms with Gasteiger partial charge in [-0.2, -0.15) is 4.98 Å². The first-order valence-corrected chi connectivity index (χ1v) is 11.8. The summed E-state index contributed by atoms with van der Waals surface area (Å²) < 4.78 is 27.5. The molecule has 0 saturated heterocycles. The van der Waals surface area contributed by atoms with E-state index in [0.29, 0.717) is 52.1 Å². The van der Waals surface area contributed by atoms with Gasteiger partial charge in [-0.25, -0.2) is 13.8 Å². The highest BCUT2D eigenvalue weighted by Crippen LogP contribution is 2.30. The number of carbonyl (C=O) groups is 1. The number of hydrogen-bond acceptors (Lipinski definition) is 5. The van der Waals surface area contributed by atoms with Gasteiger partial charge in [0.15, 0.2) is 11.6 Å². The Bertz CT molecular complexity index is 1220. The van der Waals surface area contributed by atoms with Crippen LogP contribution < -0.4 is 15.5 Å². The van der Waals surface area contributed by atoms with Gasteiger partial charge in [-0.15, -0.1) is 0 Å². The Morgan fingerprint density at radius 3 is 2.44 bits per heavy atom. The third-order valence-electron chi connectivity index (χ3n) is 6.04. The molecule has 1 aromatic heterocycles. The molecule has 34 heavy (non-hydrogen) atoms. The number of aromatic nitrogens is 2. The number of nitrogens with zero attached hydrogens (tertiary/aromatic N) is 3. The van der Waals surface area contributed by atoms with Gasteiger partial charge in [0.2, 0.25) is 11.9 Å². The number of hydrogen-bond donors (Lipinski definition) is 2. The predicted octanol–water partition coefficient (Wildman–Crippen LogP) is 5.57. The molecule has 6 nitrogen and oxygen atoms in total. The Kier molecular flexibility index (Phi) is 7.38. The summed E-state index contributed by atoms with van der Waals surface area (Å²) in [5.41, 5.74) is 1.14. The number of rotatable bonds is 6. The lowest BCUT2D eigenvalue weighted by molar-refractivity contribution is -0.126. The van der Waals surface area contributed by atoms with Gasteiger partial charge in [0.05, 0.1) is 5.52 Å². The molecule has 4 rings (SSSR count). The maximum Gasteiger partial charge on any atom is 0.225 e. The van der Waals surface area contributed by atoms with Crippen LogP contribution >= 0.6 is 23.2 Å². The zero-order chi connectivity index (χ0) is 24.4. The van der Waals surface area contributed by atoms with E-state index in [0.717, 1.165) is 30.5 Å². The van der Waals surface area contributed by atoms with E-state index in [2.05, 4.69) is 20.6 Å². The zero-order valence-electron chi connectivity index (χ0n) is 18.8. The highest BCUT2D eigenvalue weighted by Gasteiger charge is 2.27. The van der Waals surface area contributed by atoms with Crippen molar-refractivity contribution in [2.24, 2.45) is 5.92 Å². The van der Waals surface area contributed by atoms with E-state index in [1.807, 2.05) is 0 Å². The van der Waals surface area contributed by atoms with Crippen LogP contribution in [0.5, 0.6) is 0 Å². The van der Waals surface area contributed by atoms with Gasteiger partial charge < -0.3 is 15.5 Å². The normalized spacial score (nSPS) is 18.1. The highest BCUT2D eigenvalue weighted by atomic mass is 35.5. The number of benzene rings is 2. The molecule has 0 radical (unpaired) electrons. The topological polar surface area (TPSA) is 70.2 Å². The van der Waals surface area contributed by atoms with Crippen molar-refractivity contribution in [1.82, 2.24) is 15.3 Å². The molecule has 1 amide bonds. The molecule has 0 unspecified atom stereocenters. The second-order valence-corrected chi connectivity index (χ2v) is 9.54. The SMILES string of the molecule is CN(C)c1nc(N[C@H]2CC[C@@H](C(=O)NCc3ccc(Cl)cc3Cl)CC2)nc2cc(F)c(F)cc12. The average Bonchev–Trinajstić information content (AvgIpc) is 2.79. The Hall–Kier alpha value is -2.71. The Balaban J connectivity index is 1.37. The molecule has 0 aliphatic heterocycles. The molecule has 1 aliphatic rings. The molecule has 0 bridgehead atoms. The molecular weight excluding hydrogens is 483 g/mol. The first-order valence-electron chi connectivity index (χ1n) is 11.0. The third kappa shape index (κ3) is 5.50. The first kappa shape index (κ1) is 24.4. The van der Waals surface area contributed by atoms with Crippen molar-refractivity contribution in [1.29, 1.82) is 0 Å². The van der Waals surface area contributed by atoms with Gasteiger partial charge >= 0.3 is 0 Å². The van der Waals surface area contributed by atoms with E-state index < -0.39 is 11.6 Å². The van der Waals surface area contributed by atoms with E-state index in [9.17, 15) is 13.6 Å². The standard InChI is InChI=1S/C24H25Cl2F2N5O/c1-33(2)22-17-10-19(27)20(28)11-21(17)31-24(32-22)30-16-7-4-13(5-8-16)23(34)29-12-14-3-6-15(25)9-18(14)26/h3,6,9-11,13,16H,4-5,7-8,12H2,1-2H3,(H,29,34)(H,30,31,32)/t13-,16+. The largest absolute Gasteiger partial charge is 0.362 e. The second kappa shape index (κ2) is 10.3. The molecule has 0 spiro atoms. The van der Waals surface area contributed by atoms with Crippen molar-refractivity contribution in [2.45, 2.75) is 38.3 Å². The van der Waals surface area contributed by atoms with E-state index in [4.69, 9.17) is 23.2 Å². The van der Waals surface area contributed by atoms with Crippen molar-refractivity contribution in [3.63, 3.8) is 0 Å². The maximum atomic E-state index is 13.8. The van der Waals surface area contributed by atoms with Gasteiger partial charge in [-0.05, 0) is 49.4 Å². The van der Waals surface area contributed by atoms with Crippen LogP contribution in [0.1, 0.15) is 31.2 Å². The summed E-state index contributed by atoms with van der Waals surface area (Å²) >= 11 is 12.1. The number of nitrogens with one attached hydrogen (secondary N) is 2. The van der Waals surface area contributed by atoms with Crippen LogP contribution in [0.4, 0.5) is 20.5 Å². The summed E-state index contributed by atoms with van der Waals surface area (Å²) in [6.07, 6.45) is 2.95. The molecule has 10 heteroatoms. The van der Waals surface area contributed by atoms with Gasteiger partial charge in [-0.3, -0.25) is 4.79 Å². The minimum absolute atomic E-state index is 0.00109. The van der Waals surface area contributed by atoms with Crippen LogP contribution in [0.15, 0.2) is 30.3 Å². The molecule has 1 saturated carbocycles. The molecule has 180 valence electrons. The minimum atomic E-state index is -0.951. The van der Waals surface area contributed by atoms with Crippen LogP contribution in [-0.4, -0.2) is 36.0 Å². The molecule has 1 heterocycles. The number of amides is 1. The van der Waals surface area contributed by atoms with Crippen LogP contribution in [0.2, 0.25) is 10.0 Å². The zero-order valence-corrected chi connectivity index (χ0v) is 20.4. The molecule has 2 aromatic carbocycles. The molecule has 0 atom stereocenters. The molecule has 3 aromatic rings. The number of halogens is 4. The fraction of sp³-hybridized carbons (Fsp3) is 0.375. The van der Waals surface area contributed by atoms with E-state index in [1.165, 1.54) is 0 Å². The minimum Gasteiger partial charge on any atom is -0.362 e. The average molecular weight is 508 g/mol. The van der Waals surface area contributed by atoms with Crippen LogP contribution in [0.3, 0.4) is 0 Å². The molecular formula is C24H25Cl2F2N5O. The summed E-state index contributed by atoms with van der Waals surface area (Å²) in [7, 11) is 3.57. The van der Waals surface area contributed by atoms with Crippen molar-refractivity contribution in [2.75, 3.05) is 24.3 Å².